The molecule has 0 amide bonds. The van der Waals surface area contributed by atoms with E-state index in [4.69, 9.17) is 0 Å². The van der Waals surface area contributed by atoms with Crippen LogP contribution in [0.3, 0.4) is 0 Å². The molecule has 1 heterocycles. The number of aryl methyl sites for hydroxylation is 1. The fourth-order valence-electron chi connectivity index (χ4n) is 2.82. The number of hydrogen-bond donors (Lipinski definition) is 0. The normalized spacial score (nSPS) is 21.0. The van der Waals surface area contributed by atoms with E-state index in [9.17, 15) is 4.21 Å². The van der Waals surface area contributed by atoms with Gasteiger partial charge >= 0.3 is 0 Å². The van der Waals surface area contributed by atoms with Gasteiger partial charge in [-0.25, -0.2) is 8.51 Å². The predicted molar refractivity (Wildman–Crippen MR) is 97.6 cm³/mol. The molecule has 2 atom stereocenters. The molecule has 3 heteroatoms. The van der Waals surface area contributed by atoms with Gasteiger partial charge in [0.2, 0.25) is 0 Å². The van der Waals surface area contributed by atoms with E-state index in [-0.39, 0.29) is 5.41 Å². The lowest BCUT2D eigenvalue weighted by molar-refractivity contribution is 0.292. The van der Waals surface area contributed by atoms with Crippen LogP contribution in [0.4, 0.5) is 0 Å². The summed E-state index contributed by atoms with van der Waals surface area (Å²) in [6, 6.07) is 6.34. The Kier molecular flexibility index (Phi) is 7.27. The molecule has 126 valence electrons. The molecule has 1 aliphatic heterocycles. The van der Waals surface area contributed by atoms with Crippen LogP contribution in [0.25, 0.3) is 0 Å². The van der Waals surface area contributed by atoms with Crippen LogP contribution >= 0.6 is 0 Å². The van der Waals surface area contributed by atoms with E-state index in [0.717, 1.165) is 24.4 Å². The van der Waals surface area contributed by atoms with Gasteiger partial charge in [0, 0.05) is 13.1 Å². The van der Waals surface area contributed by atoms with Gasteiger partial charge in [-0.1, -0.05) is 59.2 Å². The maximum absolute atomic E-state index is 13.0. The summed E-state index contributed by atoms with van der Waals surface area (Å²) in [7, 11) is -1.02. The van der Waals surface area contributed by atoms with Crippen LogP contribution in [0.15, 0.2) is 23.1 Å². The Morgan fingerprint density at radius 1 is 1.23 bits per heavy atom. The maximum Gasteiger partial charge on any atom is 0.127 e. The highest BCUT2D eigenvalue weighted by atomic mass is 32.2. The van der Waals surface area contributed by atoms with E-state index in [1.54, 1.807) is 0 Å². The van der Waals surface area contributed by atoms with Gasteiger partial charge < -0.3 is 0 Å². The molecule has 2 rings (SSSR count). The van der Waals surface area contributed by atoms with E-state index < -0.39 is 11.0 Å². The van der Waals surface area contributed by atoms with Crippen molar-refractivity contribution in [3.05, 3.63) is 29.3 Å². The van der Waals surface area contributed by atoms with Crippen LogP contribution in [-0.4, -0.2) is 21.6 Å². The molecule has 0 N–H and O–H groups in total. The zero-order chi connectivity index (χ0) is 16.9. The smallest absolute Gasteiger partial charge is 0.127 e. The Morgan fingerprint density at radius 2 is 1.86 bits per heavy atom. The molecule has 0 aromatic heterocycles. The van der Waals surface area contributed by atoms with E-state index >= 15 is 0 Å². The first-order chi connectivity index (χ1) is 10.3. The second-order valence-electron chi connectivity index (χ2n) is 7.13. The highest BCUT2D eigenvalue weighted by Gasteiger charge is 2.27. The Morgan fingerprint density at radius 3 is 2.41 bits per heavy atom. The lowest BCUT2D eigenvalue weighted by atomic mass is 9.86. The summed E-state index contributed by atoms with van der Waals surface area (Å²) in [6.45, 7) is 16.8. The molecule has 0 bridgehead atoms. The average Bonchev–Trinajstić information content (AvgIpc) is 2.47. The topological polar surface area (TPSA) is 20.3 Å². The first-order valence-electron chi connectivity index (χ1n) is 8.57. The average molecular weight is 324 g/mol. The summed E-state index contributed by atoms with van der Waals surface area (Å²) in [5.41, 5.74) is 2.48. The van der Waals surface area contributed by atoms with Crippen molar-refractivity contribution in [1.29, 1.82) is 0 Å². The Hall–Kier alpha value is -0.670. The molecule has 22 heavy (non-hydrogen) atoms. The van der Waals surface area contributed by atoms with E-state index in [1.807, 2.05) is 13.8 Å². The summed E-state index contributed by atoms with van der Waals surface area (Å²) in [5.74, 6) is 0.649. The minimum absolute atomic E-state index is 0.0262. The molecule has 0 spiro atoms. The largest absolute Gasteiger partial charge is 0.237 e. The molecule has 2 nitrogen and oxygen atoms in total. The minimum Gasteiger partial charge on any atom is -0.237 e. The Bertz CT molecular complexity index is 505. The van der Waals surface area contributed by atoms with Gasteiger partial charge in [0.05, 0.1) is 4.90 Å². The van der Waals surface area contributed by atoms with Crippen molar-refractivity contribution in [2.24, 2.45) is 5.92 Å². The van der Waals surface area contributed by atoms with Crippen molar-refractivity contribution >= 4 is 11.0 Å². The van der Waals surface area contributed by atoms with Crippen LogP contribution in [0.1, 0.15) is 65.5 Å². The monoisotopic (exact) mass is 323 g/mol. The number of rotatable bonds is 2. The fourth-order valence-corrected chi connectivity index (χ4v) is 4.52. The number of benzene rings is 1. The van der Waals surface area contributed by atoms with E-state index in [0.29, 0.717) is 5.92 Å². The molecule has 1 saturated heterocycles. The lowest BCUT2D eigenvalue weighted by Crippen LogP contribution is -2.36. The SMILES string of the molecule is CC.Cc1ccc(S(=O)N2CCCC(C)C2)c(C(C)(C)C)c1. The van der Waals surface area contributed by atoms with Gasteiger partial charge in [0.15, 0.2) is 0 Å². The zero-order valence-corrected chi connectivity index (χ0v) is 16.2. The van der Waals surface area contributed by atoms with Gasteiger partial charge in [-0.05, 0) is 42.7 Å². The molecular formula is C19H33NOS. The second kappa shape index (κ2) is 8.26. The van der Waals surface area contributed by atoms with E-state index in [2.05, 4.69) is 57.1 Å². The number of hydrogen-bond acceptors (Lipinski definition) is 1. The van der Waals surface area contributed by atoms with E-state index in [1.165, 1.54) is 17.5 Å². The molecular weight excluding hydrogens is 290 g/mol. The maximum atomic E-state index is 13.0. The first kappa shape index (κ1) is 19.4. The number of nitrogens with zero attached hydrogens (tertiary/aromatic N) is 1. The molecule has 1 aliphatic rings. The van der Waals surface area contributed by atoms with Gasteiger partial charge in [-0.3, -0.25) is 0 Å². The highest BCUT2D eigenvalue weighted by Crippen LogP contribution is 2.31. The van der Waals surface area contributed by atoms with Crippen LogP contribution in [0.5, 0.6) is 0 Å². The predicted octanol–water partition coefficient (Wildman–Crippen LogP) is 5.07. The Labute approximate surface area is 139 Å². The second-order valence-corrected chi connectivity index (χ2v) is 8.59. The molecule has 1 aromatic rings. The van der Waals surface area contributed by atoms with Crippen molar-refractivity contribution < 1.29 is 4.21 Å². The molecule has 1 aromatic carbocycles. The van der Waals surface area contributed by atoms with Crippen molar-refractivity contribution in [2.45, 2.75) is 71.6 Å². The van der Waals surface area contributed by atoms with Gasteiger partial charge in [0.1, 0.15) is 11.0 Å². The van der Waals surface area contributed by atoms with Gasteiger partial charge in [0.25, 0.3) is 0 Å². The van der Waals surface area contributed by atoms with Gasteiger partial charge in [-0.2, -0.15) is 0 Å². The minimum atomic E-state index is -1.02. The molecule has 0 saturated carbocycles. The van der Waals surface area contributed by atoms with Crippen molar-refractivity contribution in [1.82, 2.24) is 4.31 Å². The molecule has 0 radical (unpaired) electrons. The highest BCUT2D eigenvalue weighted by molar-refractivity contribution is 7.82. The van der Waals surface area contributed by atoms with Crippen LogP contribution in [0, 0.1) is 12.8 Å². The molecule has 1 fully saturated rings. The fraction of sp³-hybridized carbons (Fsp3) is 0.684. The third kappa shape index (κ3) is 4.92. The van der Waals surface area contributed by atoms with Crippen LogP contribution < -0.4 is 0 Å². The molecule has 2 unspecified atom stereocenters. The lowest BCUT2D eigenvalue weighted by Gasteiger charge is -2.31. The quantitative estimate of drug-likeness (QED) is 0.744. The number of piperidine rings is 1. The summed E-state index contributed by atoms with van der Waals surface area (Å²) in [6.07, 6.45) is 2.41. The zero-order valence-electron chi connectivity index (χ0n) is 15.4. The van der Waals surface area contributed by atoms with Gasteiger partial charge in [-0.15, -0.1) is 0 Å². The first-order valence-corrected chi connectivity index (χ1v) is 9.67. The summed E-state index contributed by atoms with van der Waals surface area (Å²) in [5, 5.41) is 0. The van der Waals surface area contributed by atoms with Crippen LogP contribution in [-0.2, 0) is 16.4 Å². The van der Waals surface area contributed by atoms with Crippen molar-refractivity contribution in [3.63, 3.8) is 0 Å². The molecule has 0 aliphatic carbocycles. The summed E-state index contributed by atoms with van der Waals surface area (Å²) in [4.78, 5) is 0.997. The summed E-state index contributed by atoms with van der Waals surface area (Å²) < 4.78 is 15.1. The van der Waals surface area contributed by atoms with Crippen molar-refractivity contribution in [3.8, 4) is 0 Å². The standard InChI is InChI=1S/C17H27NOS.C2H6/c1-13-8-9-16(15(11-13)17(3,4)5)20(19)18-10-6-7-14(2)12-18;1-2/h8-9,11,14H,6-7,10,12H2,1-5H3;1-2H3. The third-order valence-electron chi connectivity index (χ3n) is 3.99. The Balaban J connectivity index is 0.00000116. The van der Waals surface area contributed by atoms with Crippen LogP contribution in [0.2, 0.25) is 0 Å². The van der Waals surface area contributed by atoms with Crippen molar-refractivity contribution in [2.75, 3.05) is 13.1 Å². The summed E-state index contributed by atoms with van der Waals surface area (Å²) >= 11 is 0. The third-order valence-corrected chi connectivity index (χ3v) is 5.52.